The lowest BCUT2D eigenvalue weighted by molar-refractivity contribution is 0.0523. The van der Waals surface area contributed by atoms with Crippen LogP contribution in [0.1, 0.15) is 54.7 Å². The Morgan fingerprint density at radius 2 is 2.09 bits per heavy atom. The number of hydrogen-bond acceptors (Lipinski definition) is 7. The van der Waals surface area contributed by atoms with Gasteiger partial charge in [-0.3, -0.25) is 4.79 Å². The highest BCUT2D eigenvalue weighted by atomic mass is 16.5. The minimum absolute atomic E-state index is 0.0336. The number of allylic oxidation sites excluding steroid dienone is 1. The fraction of sp³-hybridized carbons (Fsp3) is 0.423. The van der Waals surface area contributed by atoms with Gasteiger partial charge in [0.25, 0.3) is 0 Å². The number of esters is 1. The molecule has 3 N–H and O–H groups in total. The van der Waals surface area contributed by atoms with Crippen molar-refractivity contribution in [1.82, 2.24) is 9.88 Å². The van der Waals surface area contributed by atoms with Crippen LogP contribution < -0.4 is 15.5 Å². The zero-order chi connectivity index (χ0) is 24.8. The van der Waals surface area contributed by atoms with Crippen molar-refractivity contribution in [3.05, 3.63) is 57.5 Å². The highest BCUT2D eigenvalue weighted by Gasteiger charge is 2.29. The van der Waals surface area contributed by atoms with Crippen molar-refractivity contribution in [2.75, 3.05) is 26.9 Å². The molecule has 1 aliphatic heterocycles. The fourth-order valence-corrected chi connectivity index (χ4v) is 4.27. The zero-order valence-electron chi connectivity index (χ0n) is 20.2. The summed E-state index contributed by atoms with van der Waals surface area (Å²) < 4.78 is 12.7. The highest BCUT2D eigenvalue weighted by molar-refractivity contribution is 6.09. The number of aliphatic hydroxyl groups is 1. The number of aliphatic hydroxyl groups excluding tert-OH is 1. The number of nitrogens with one attached hydrogen (secondary N) is 2. The van der Waals surface area contributed by atoms with Gasteiger partial charge >= 0.3 is 5.97 Å². The van der Waals surface area contributed by atoms with E-state index in [2.05, 4.69) is 19.2 Å². The molecule has 1 unspecified atom stereocenters. The van der Waals surface area contributed by atoms with Gasteiger partial charge < -0.3 is 29.9 Å². The largest absolute Gasteiger partial charge is 0.496 e. The van der Waals surface area contributed by atoms with Crippen LogP contribution in [0, 0.1) is 11.3 Å². The molecule has 0 spiro atoms. The Balaban J connectivity index is 2.16. The van der Waals surface area contributed by atoms with E-state index in [-0.39, 0.29) is 36.2 Å². The van der Waals surface area contributed by atoms with Crippen LogP contribution in [0.15, 0.2) is 35.4 Å². The molecule has 2 aromatic rings. The summed E-state index contributed by atoms with van der Waals surface area (Å²) in [4.78, 5) is 25.2. The second-order valence-electron chi connectivity index (χ2n) is 8.56. The number of pyridine rings is 1. The van der Waals surface area contributed by atoms with Crippen molar-refractivity contribution in [2.24, 2.45) is 5.92 Å². The van der Waals surface area contributed by atoms with Crippen molar-refractivity contribution in [3.63, 3.8) is 0 Å². The van der Waals surface area contributed by atoms with E-state index in [0.717, 1.165) is 22.4 Å². The number of carbonyl (C=O) groups excluding carboxylic acids is 1. The maximum Gasteiger partial charge on any atom is 0.343 e. The minimum atomic E-state index is -0.613. The number of benzene rings is 1. The predicted molar refractivity (Wildman–Crippen MR) is 133 cm³/mol. The number of methoxy groups -OCH3 is 1. The van der Waals surface area contributed by atoms with Crippen LogP contribution in [0.3, 0.4) is 0 Å². The van der Waals surface area contributed by atoms with E-state index >= 15 is 0 Å². The normalized spacial score (nSPS) is 14.9. The molecule has 0 fully saturated rings. The molecule has 0 radical (unpaired) electrons. The topological polar surface area (TPSA) is 114 Å². The summed E-state index contributed by atoms with van der Waals surface area (Å²) in [7, 11) is 1.57. The fourth-order valence-electron chi connectivity index (χ4n) is 4.27. The molecule has 3 rings (SSSR count). The van der Waals surface area contributed by atoms with E-state index in [1.807, 2.05) is 16.7 Å². The lowest BCUT2D eigenvalue weighted by Crippen LogP contribution is -2.28. The number of carbonyl (C=O) groups is 1. The molecule has 2 heterocycles. The van der Waals surface area contributed by atoms with Gasteiger partial charge in [0.15, 0.2) is 5.43 Å². The summed E-state index contributed by atoms with van der Waals surface area (Å²) in [6.45, 7) is 6.82. The lowest BCUT2D eigenvalue weighted by atomic mass is 9.85. The summed E-state index contributed by atoms with van der Waals surface area (Å²) in [5.41, 5.74) is 3.71. The average molecular weight is 468 g/mol. The number of rotatable bonds is 10. The van der Waals surface area contributed by atoms with E-state index in [0.29, 0.717) is 30.7 Å². The summed E-state index contributed by atoms with van der Waals surface area (Å²) in [5.74, 6) is 0.209. The van der Waals surface area contributed by atoms with Crippen molar-refractivity contribution < 1.29 is 19.4 Å². The SMILES string of the molecule is CCOC(=O)c1cn2c(cc1=O)-c1cc(OC)c(/C(C=N)=C/NCCCO)cc1CC2C(C)C. The number of fused-ring (bicyclic) bond motifs is 3. The van der Waals surface area contributed by atoms with Gasteiger partial charge in [-0.2, -0.15) is 0 Å². The first-order chi connectivity index (χ1) is 16.4. The second kappa shape index (κ2) is 11.2. The van der Waals surface area contributed by atoms with Gasteiger partial charge in [0.05, 0.1) is 19.4 Å². The lowest BCUT2D eigenvalue weighted by Gasteiger charge is -2.34. The summed E-state index contributed by atoms with van der Waals surface area (Å²) >= 11 is 0. The average Bonchev–Trinajstić information content (AvgIpc) is 2.82. The van der Waals surface area contributed by atoms with Crippen LogP contribution in [-0.4, -0.2) is 48.7 Å². The molecular weight excluding hydrogens is 434 g/mol. The molecule has 0 saturated heterocycles. The first-order valence-electron chi connectivity index (χ1n) is 11.6. The van der Waals surface area contributed by atoms with Gasteiger partial charge in [0.1, 0.15) is 11.3 Å². The van der Waals surface area contributed by atoms with E-state index < -0.39 is 5.97 Å². The van der Waals surface area contributed by atoms with E-state index in [4.69, 9.17) is 20.0 Å². The predicted octanol–water partition coefficient (Wildman–Crippen LogP) is 3.42. The number of hydrogen-bond donors (Lipinski definition) is 3. The van der Waals surface area contributed by atoms with Crippen molar-refractivity contribution in [2.45, 2.75) is 39.7 Å². The maximum absolute atomic E-state index is 12.8. The van der Waals surface area contributed by atoms with Crippen molar-refractivity contribution >= 4 is 17.8 Å². The van der Waals surface area contributed by atoms with Crippen LogP contribution in [-0.2, 0) is 11.2 Å². The maximum atomic E-state index is 12.8. The first-order valence-corrected chi connectivity index (χ1v) is 11.6. The molecule has 8 heteroatoms. The quantitative estimate of drug-likeness (QED) is 0.280. The third-order valence-corrected chi connectivity index (χ3v) is 6.04. The Labute approximate surface area is 199 Å². The van der Waals surface area contributed by atoms with E-state index in [1.165, 1.54) is 12.3 Å². The van der Waals surface area contributed by atoms with E-state index in [1.54, 1.807) is 26.4 Å². The highest BCUT2D eigenvalue weighted by Crippen LogP contribution is 2.41. The van der Waals surface area contributed by atoms with E-state index in [9.17, 15) is 9.59 Å². The van der Waals surface area contributed by atoms with Gasteiger partial charge in [0.2, 0.25) is 0 Å². The molecule has 1 aromatic carbocycles. The molecule has 182 valence electrons. The zero-order valence-corrected chi connectivity index (χ0v) is 20.2. The van der Waals surface area contributed by atoms with Gasteiger partial charge in [-0.15, -0.1) is 0 Å². The minimum Gasteiger partial charge on any atom is -0.496 e. The summed E-state index contributed by atoms with van der Waals surface area (Å²) in [6, 6.07) is 5.44. The third kappa shape index (κ3) is 5.07. The Hall–Kier alpha value is -3.39. The smallest absolute Gasteiger partial charge is 0.343 e. The molecule has 8 nitrogen and oxygen atoms in total. The standard InChI is InChI=1S/C26H33N3O5/c1-5-34-26(32)21-15-29-22(16(2)3)10-17-9-20(18(13-27)14-28-7-6-8-30)25(33-4)11-19(17)23(29)12-24(21)31/h9,11-16,22,27-28,30H,5-8,10H2,1-4H3/b18-14+,27-13?. The molecule has 0 bridgehead atoms. The second-order valence-corrected chi connectivity index (χ2v) is 8.56. The molecule has 1 atom stereocenters. The molecule has 0 aliphatic carbocycles. The monoisotopic (exact) mass is 467 g/mol. The molecule has 1 aromatic heterocycles. The molecule has 0 amide bonds. The Morgan fingerprint density at radius 1 is 1.32 bits per heavy atom. The molecule has 0 saturated carbocycles. The Kier molecular flexibility index (Phi) is 8.28. The van der Waals surface area contributed by atoms with Crippen LogP contribution in [0.2, 0.25) is 0 Å². The van der Waals surface area contributed by atoms with Gasteiger partial charge in [-0.05, 0) is 43.4 Å². The Bertz CT molecular complexity index is 1150. The van der Waals surface area contributed by atoms with Crippen LogP contribution >= 0.6 is 0 Å². The molecule has 1 aliphatic rings. The van der Waals surface area contributed by atoms with Crippen molar-refractivity contribution in [3.8, 4) is 17.0 Å². The third-order valence-electron chi connectivity index (χ3n) is 6.04. The van der Waals surface area contributed by atoms with Crippen LogP contribution in [0.25, 0.3) is 16.8 Å². The van der Waals surface area contributed by atoms with Crippen LogP contribution in [0.4, 0.5) is 0 Å². The molecular formula is C26H33N3O5. The molecule has 34 heavy (non-hydrogen) atoms. The van der Waals surface area contributed by atoms with Gasteiger partial charge in [-0.1, -0.05) is 13.8 Å². The Morgan fingerprint density at radius 3 is 2.71 bits per heavy atom. The number of ether oxygens (including phenoxy) is 2. The number of aromatic nitrogens is 1. The van der Waals surface area contributed by atoms with Crippen LogP contribution in [0.5, 0.6) is 5.75 Å². The summed E-state index contributed by atoms with van der Waals surface area (Å²) in [5, 5.41) is 20.0. The first kappa shape index (κ1) is 25.2. The van der Waals surface area contributed by atoms with Gasteiger partial charge in [-0.25, -0.2) is 4.79 Å². The number of nitrogens with zero attached hydrogens (tertiary/aromatic N) is 1. The van der Waals surface area contributed by atoms with Gasteiger partial charge in [0, 0.05) is 60.6 Å². The van der Waals surface area contributed by atoms with Crippen molar-refractivity contribution in [1.29, 1.82) is 5.41 Å². The summed E-state index contributed by atoms with van der Waals surface area (Å²) in [6.07, 6.45) is 5.95.